The second-order valence-electron chi connectivity index (χ2n) is 4.69. The zero-order chi connectivity index (χ0) is 14.4. The van der Waals surface area contributed by atoms with Crippen LogP contribution in [0.2, 0.25) is 5.02 Å². The molecule has 0 unspecified atom stereocenters. The number of benzene rings is 1. The molecule has 0 saturated carbocycles. The van der Waals surface area contributed by atoms with E-state index in [1.807, 2.05) is 37.3 Å². The van der Waals surface area contributed by atoms with Gasteiger partial charge >= 0.3 is 0 Å². The minimum Gasteiger partial charge on any atom is -0.486 e. The number of rotatable bonds is 6. The SMILES string of the molecule is CCCNc1ccnc(COc2ccc(C)cc2Cl)c1. The second kappa shape index (κ2) is 7.15. The molecule has 0 spiro atoms. The molecule has 106 valence electrons. The van der Waals surface area contributed by atoms with Gasteiger partial charge in [0.1, 0.15) is 12.4 Å². The number of nitrogens with one attached hydrogen (secondary N) is 1. The number of nitrogens with zero attached hydrogens (tertiary/aromatic N) is 1. The molecule has 3 nitrogen and oxygen atoms in total. The second-order valence-corrected chi connectivity index (χ2v) is 5.09. The van der Waals surface area contributed by atoms with E-state index in [2.05, 4.69) is 17.2 Å². The monoisotopic (exact) mass is 290 g/mol. The minimum absolute atomic E-state index is 0.407. The van der Waals surface area contributed by atoms with Gasteiger partial charge in [0.15, 0.2) is 0 Å². The van der Waals surface area contributed by atoms with Crippen LogP contribution in [0.3, 0.4) is 0 Å². The molecule has 2 aromatic rings. The van der Waals surface area contributed by atoms with Gasteiger partial charge in [0, 0.05) is 18.4 Å². The molecule has 1 N–H and O–H groups in total. The number of ether oxygens (including phenoxy) is 1. The molecular formula is C16H19ClN2O. The van der Waals surface area contributed by atoms with Crippen molar-refractivity contribution >= 4 is 17.3 Å². The highest BCUT2D eigenvalue weighted by molar-refractivity contribution is 6.32. The fourth-order valence-electron chi connectivity index (χ4n) is 1.81. The first-order chi connectivity index (χ1) is 9.69. The van der Waals surface area contributed by atoms with Crippen molar-refractivity contribution in [2.45, 2.75) is 26.9 Å². The molecule has 0 radical (unpaired) electrons. The highest BCUT2D eigenvalue weighted by atomic mass is 35.5. The molecule has 0 amide bonds. The van der Waals surface area contributed by atoms with Crippen molar-refractivity contribution in [3.63, 3.8) is 0 Å². The van der Waals surface area contributed by atoms with Gasteiger partial charge in [0.2, 0.25) is 0 Å². The molecule has 0 aliphatic heterocycles. The van der Waals surface area contributed by atoms with Gasteiger partial charge in [-0.15, -0.1) is 0 Å². The van der Waals surface area contributed by atoms with Crippen LogP contribution < -0.4 is 10.1 Å². The normalized spacial score (nSPS) is 10.3. The lowest BCUT2D eigenvalue weighted by Crippen LogP contribution is -2.03. The third-order valence-electron chi connectivity index (χ3n) is 2.86. The molecule has 1 aromatic carbocycles. The summed E-state index contributed by atoms with van der Waals surface area (Å²) < 4.78 is 5.72. The Balaban J connectivity index is 1.99. The van der Waals surface area contributed by atoms with E-state index in [0.717, 1.165) is 29.9 Å². The van der Waals surface area contributed by atoms with Gasteiger partial charge in [0.05, 0.1) is 10.7 Å². The van der Waals surface area contributed by atoms with Crippen LogP contribution in [0.4, 0.5) is 5.69 Å². The Morgan fingerprint density at radius 3 is 2.85 bits per heavy atom. The van der Waals surface area contributed by atoms with Crippen LogP contribution in [0, 0.1) is 6.92 Å². The lowest BCUT2D eigenvalue weighted by molar-refractivity contribution is 0.301. The van der Waals surface area contributed by atoms with Gasteiger partial charge in [-0.1, -0.05) is 24.6 Å². The first-order valence-electron chi connectivity index (χ1n) is 6.77. The third kappa shape index (κ3) is 4.14. The molecule has 4 heteroatoms. The number of anilines is 1. The minimum atomic E-state index is 0.407. The summed E-state index contributed by atoms with van der Waals surface area (Å²) in [6.45, 7) is 5.50. The molecule has 0 fully saturated rings. The number of aryl methyl sites for hydroxylation is 1. The van der Waals surface area contributed by atoms with Gasteiger partial charge in [-0.3, -0.25) is 4.98 Å². The van der Waals surface area contributed by atoms with E-state index < -0.39 is 0 Å². The summed E-state index contributed by atoms with van der Waals surface area (Å²) in [6.07, 6.45) is 2.88. The van der Waals surface area contributed by atoms with Crippen molar-refractivity contribution in [1.29, 1.82) is 0 Å². The van der Waals surface area contributed by atoms with E-state index in [-0.39, 0.29) is 0 Å². The smallest absolute Gasteiger partial charge is 0.138 e. The Morgan fingerprint density at radius 2 is 2.10 bits per heavy atom. The summed E-state index contributed by atoms with van der Waals surface area (Å²) in [4.78, 5) is 4.30. The zero-order valence-corrected chi connectivity index (χ0v) is 12.6. The van der Waals surface area contributed by atoms with Crippen LogP contribution in [-0.2, 0) is 6.61 Å². The van der Waals surface area contributed by atoms with E-state index >= 15 is 0 Å². The average molecular weight is 291 g/mol. The van der Waals surface area contributed by atoms with Crippen molar-refractivity contribution in [3.8, 4) is 5.75 Å². The fourth-order valence-corrected chi connectivity index (χ4v) is 2.10. The van der Waals surface area contributed by atoms with Crippen molar-refractivity contribution in [3.05, 3.63) is 52.8 Å². The molecule has 0 aliphatic carbocycles. The lowest BCUT2D eigenvalue weighted by atomic mass is 10.2. The fraction of sp³-hybridized carbons (Fsp3) is 0.312. The summed E-state index contributed by atoms with van der Waals surface area (Å²) in [5.74, 6) is 0.686. The summed E-state index contributed by atoms with van der Waals surface area (Å²) in [7, 11) is 0. The third-order valence-corrected chi connectivity index (χ3v) is 3.15. The molecule has 0 atom stereocenters. The zero-order valence-electron chi connectivity index (χ0n) is 11.8. The van der Waals surface area contributed by atoms with Crippen molar-refractivity contribution < 1.29 is 4.74 Å². The molecular weight excluding hydrogens is 272 g/mol. The Labute approximate surface area is 124 Å². The van der Waals surface area contributed by atoms with Crippen LogP contribution in [0.5, 0.6) is 5.75 Å². The Bertz CT molecular complexity index is 572. The predicted molar refractivity (Wildman–Crippen MR) is 83.5 cm³/mol. The number of pyridine rings is 1. The molecule has 0 saturated heterocycles. The quantitative estimate of drug-likeness (QED) is 0.854. The van der Waals surface area contributed by atoms with Crippen LogP contribution >= 0.6 is 11.6 Å². The predicted octanol–water partition coefficient (Wildman–Crippen LogP) is 4.44. The standard InChI is InChI=1S/C16H19ClN2O/c1-3-7-18-13-6-8-19-14(10-13)11-20-16-5-4-12(2)9-15(16)17/h4-6,8-10H,3,7,11H2,1-2H3,(H,18,19). The van der Waals surface area contributed by atoms with Crippen molar-refractivity contribution in [1.82, 2.24) is 4.98 Å². The largest absolute Gasteiger partial charge is 0.486 e. The maximum atomic E-state index is 6.14. The van der Waals surface area contributed by atoms with Crippen LogP contribution in [0.25, 0.3) is 0 Å². The Kier molecular flexibility index (Phi) is 5.24. The molecule has 0 bridgehead atoms. The summed E-state index contributed by atoms with van der Waals surface area (Å²) in [5.41, 5.74) is 3.06. The number of halogens is 1. The summed E-state index contributed by atoms with van der Waals surface area (Å²) in [6, 6.07) is 9.71. The summed E-state index contributed by atoms with van der Waals surface area (Å²) in [5, 5.41) is 3.96. The van der Waals surface area contributed by atoms with Gasteiger partial charge < -0.3 is 10.1 Å². The number of aromatic nitrogens is 1. The van der Waals surface area contributed by atoms with Crippen LogP contribution in [-0.4, -0.2) is 11.5 Å². The topological polar surface area (TPSA) is 34.2 Å². The summed E-state index contributed by atoms with van der Waals surface area (Å²) >= 11 is 6.14. The molecule has 0 aliphatic rings. The Hall–Kier alpha value is -1.74. The Morgan fingerprint density at radius 1 is 1.25 bits per heavy atom. The van der Waals surface area contributed by atoms with Gasteiger partial charge in [-0.25, -0.2) is 0 Å². The maximum absolute atomic E-state index is 6.14. The number of hydrogen-bond acceptors (Lipinski definition) is 3. The van der Waals surface area contributed by atoms with E-state index in [1.165, 1.54) is 0 Å². The van der Waals surface area contributed by atoms with Crippen LogP contribution in [0.1, 0.15) is 24.6 Å². The molecule has 2 rings (SSSR count). The maximum Gasteiger partial charge on any atom is 0.138 e. The number of hydrogen-bond donors (Lipinski definition) is 1. The van der Waals surface area contributed by atoms with E-state index in [4.69, 9.17) is 16.3 Å². The van der Waals surface area contributed by atoms with Crippen LogP contribution in [0.15, 0.2) is 36.5 Å². The van der Waals surface area contributed by atoms with E-state index in [9.17, 15) is 0 Å². The average Bonchev–Trinajstić information content (AvgIpc) is 2.45. The van der Waals surface area contributed by atoms with E-state index in [1.54, 1.807) is 6.20 Å². The van der Waals surface area contributed by atoms with Crippen molar-refractivity contribution in [2.24, 2.45) is 0 Å². The van der Waals surface area contributed by atoms with Gasteiger partial charge in [0.25, 0.3) is 0 Å². The van der Waals surface area contributed by atoms with Gasteiger partial charge in [-0.2, -0.15) is 0 Å². The van der Waals surface area contributed by atoms with Gasteiger partial charge in [-0.05, 0) is 43.2 Å². The highest BCUT2D eigenvalue weighted by Crippen LogP contribution is 2.25. The van der Waals surface area contributed by atoms with Crippen molar-refractivity contribution in [2.75, 3.05) is 11.9 Å². The van der Waals surface area contributed by atoms with E-state index in [0.29, 0.717) is 17.4 Å². The highest BCUT2D eigenvalue weighted by Gasteiger charge is 2.03. The molecule has 1 aromatic heterocycles. The lowest BCUT2D eigenvalue weighted by Gasteiger charge is -2.10. The molecule has 1 heterocycles. The molecule has 20 heavy (non-hydrogen) atoms. The first-order valence-corrected chi connectivity index (χ1v) is 7.14. The first kappa shape index (κ1) is 14.7.